The average Bonchev–Trinajstić information content (AvgIpc) is 0.662. The highest BCUT2D eigenvalue weighted by Crippen LogP contribution is 2.48. The Kier molecular flexibility index (Phi) is 18.3. The maximum absolute atomic E-state index is 17.3. The number of halogens is 36. The van der Waals surface area contributed by atoms with Crippen molar-refractivity contribution in [3.63, 3.8) is 0 Å². The van der Waals surface area contributed by atoms with E-state index >= 15 is 105 Å². The molecule has 0 amide bonds. The zero-order valence-electron chi connectivity index (χ0n) is 44.5. The largest absolute Gasteiger partial charge is 0.458 e. The van der Waals surface area contributed by atoms with Gasteiger partial charge in [-0.05, 0) is 28.0 Å². The Morgan fingerprint density at radius 2 is 0.527 bits per heavy atom. The van der Waals surface area contributed by atoms with Crippen LogP contribution in [-0.4, -0.2) is 32.8 Å². The molecule has 9 aromatic carbocycles. The first-order chi connectivity index (χ1) is 42.8. The molecule has 2 atom stereocenters. The van der Waals surface area contributed by atoms with Crippen molar-refractivity contribution in [3.8, 4) is 0 Å². The summed E-state index contributed by atoms with van der Waals surface area (Å²) in [6, 6.07) is 0.314. The lowest BCUT2D eigenvalue weighted by molar-refractivity contribution is -0.815. The summed E-state index contributed by atoms with van der Waals surface area (Å²) in [5.74, 6) is -116. The summed E-state index contributed by atoms with van der Waals surface area (Å²) in [5, 5.41) is -26.7. The van der Waals surface area contributed by atoms with Crippen LogP contribution in [0.3, 0.4) is 0 Å². The van der Waals surface area contributed by atoms with E-state index in [4.69, 9.17) is 0 Å². The van der Waals surface area contributed by atoms with Crippen LogP contribution in [-0.2, 0) is 5.92 Å². The second-order valence-corrected chi connectivity index (χ2v) is 24.2. The van der Waals surface area contributed by atoms with Gasteiger partial charge in [0.15, 0.2) is 163 Å². The van der Waals surface area contributed by atoms with Crippen LogP contribution in [0.15, 0.2) is 6.07 Å². The summed E-state index contributed by atoms with van der Waals surface area (Å²) in [6.45, 7) is 3.81. The smallest absolute Gasteiger partial charge is 0.302 e. The lowest BCUT2D eigenvalue weighted by Gasteiger charge is -2.44. The summed E-state index contributed by atoms with van der Waals surface area (Å²) >= 11 is -10.2. The van der Waals surface area contributed by atoms with E-state index in [2.05, 4.69) is 0 Å². The molecule has 0 aromatic heterocycles. The third-order valence-electron chi connectivity index (χ3n) is 15.0. The van der Waals surface area contributed by atoms with Crippen molar-refractivity contribution in [1.82, 2.24) is 0 Å². The molecule has 0 aliphatic heterocycles. The van der Waals surface area contributed by atoms with Gasteiger partial charge in [0.25, 0.3) is 13.1 Å². The van der Waals surface area contributed by atoms with E-state index in [1.54, 1.807) is 6.92 Å². The Morgan fingerprint density at radius 1 is 0.312 bits per heavy atom. The number of alkyl halides is 5. The third kappa shape index (κ3) is 9.97. The van der Waals surface area contributed by atoms with Gasteiger partial charge in [-0.1, -0.05) is 20.3 Å². The normalized spacial score (nSPS) is 13.2. The Bertz CT molecular complexity index is 4230. The van der Waals surface area contributed by atoms with Gasteiger partial charge in [-0.3, -0.25) is 0 Å². The lowest BCUT2D eigenvalue weighted by atomic mass is 10.0. The number of rotatable bonds is 10. The quantitative estimate of drug-likeness (QED) is 0.0602. The summed E-state index contributed by atoms with van der Waals surface area (Å²) in [6.07, 6.45) is -4.76. The molecule has 9 rings (SSSR count). The van der Waals surface area contributed by atoms with Crippen LogP contribution in [0.5, 0.6) is 0 Å². The van der Waals surface area contributed by atoms with Gasteiger partial charge in [0, 0.05) is 12.0 Å². The second kappa shape index (κ2) is 24.1. The summed E-state index contributed by atoms with van der Waals surface area (Å²) in [4.78, 5) is 0.0755. The van der Waals surface area contributed by atoms with Gasteiger partial charge in [0.2, 0.25) is 0 Å². The fourth-order valence-electron chi connectivity index (χ4n) is 11.2. The molecule has 93 heavy (non-hydrogen) atoms. The van der Waals surface area contributed by atoms with Crippen LogP contribution < -0.4 is 22.6 Å². The SMILES string of the molecule is CCCC(C)C[NH+](C)c1cc(F)c(F)c(C(F)(F)C(F)(F)F)c1F.Fc1c(F)c(F)c2[c]([Al-]([c]3c(F)c(F)c(F)c4c(F)c(F)c(F)c(F)c34)([c]3c(F)c(F)c(F)c4c(F)c(F)c(F)c(F)c34)[c]3c(F)c(F)c(F)c4c(F)c(F)c(F)c(F)c34)c(F)c(F)c(F)c2c1F. The van der Waals surface area contributed by atoms with E-state index < -0.39 is 278 Å². The van der Waals surface area contributed by atoms with Crippen LogP contribution in [0.1, 0.15) is 32.3 Å². The van der Waals surface area contributed by atoms with Gasteiger partial charge in [-0.2, -0.15) is 44.0 Å². The first-order valence-electron chi connectivity index (χ1n) is 24.7. The average molecular weight is 1400 g/mol. The molecule has 0 saturated carbocycles. The van der Waals surface area contributed by atoms with Crippen molar-refractivity contribution in [2.24, 2.45) is 5.92 Å². The van der Waals surface area contributed by atoms with Crippen molar-refractivity contribution < 1.29 is 163 Å². The fourth-order valence-corrected chi connectivity index (χ4v) is 17.7. The van der Waals surface area contributed by atoms with Gasteiger partial charge in [0.1, 0.15) is 28.8 Å². The topological polar surface area (TPSA) is 4.44 Å². The van der Waals surface area contributed by atoms with Crippen LogP contribution in [0.25, 0.3) is 43.1 Å². The molecule has 0 aliphatic rings. The van der Waals surface area contributed by atoms with Gasteiger partial charge >= 0.3 is 12.1 Å². The minimum absolute atomic E-state index is 0.0194. The van der Waals surface area contributed by atoms with Crippen molar-refractivity contribution in [1.29, 1.82) is 0 Å². The zero-order chi connectivity index (χ0) is 70.5. The molecule has 9 aromatic rings. The fraction of sp³-hybridized carbons (Fsp3) is 0.164. The second-order valence-electron chi connectivity index (χ2n) is 20.2. The van der Waals surface area contributed by atoms with Crippen molar-refractivity contribution >= 4 is 79.6 Å². The highest BCUT2D eigenvalue weighted by molar-refractivity contribution is 7.23. The molecule has 0 bridgehead atoms. The number of hydrogen-bond donors (Lipinski definition) is 1. The highest BCUT2D eigenvalue weighted by Gasteiger charge is 2.63. The van der Waals surface area contributed by atoms with E-state index in [0.717, 1.165) is 6.42 Å². The predicted octanol–water partition coefficient (Wildman–Crippen LogP) is 15.9. The number of benzene rings is 9. The van der Waals surface area contributed by atoms with Crippen molar-refractivity contribution in [2.45, 2.75) is 38.8 Å². The molecule has 0 spiro atoms. The lowest BCUT2D eigenvalue weighted by Crippen LogP contribution is -3.05. The summed E-state index contributed by atoms with van der Waals surface area (Å²) in [7, 11) is 1.29. The molecule has 498 valence electrons. The van der Waals surface area contributed by atoms with Gasteiger partial charge in [-0.25, -0.2) is 132 Å². The van der Waals surface area contributed by atoms with Gasteiger partial charge in [0.05, 0.1) is 35.1 Å². The third-order valence-corrected chi connectivity index (χ3v) is 20.6. The first-order valence-corrected chi connectivity index (χ1v) is 27.0. The van der Waals surface area contributed by atoms with Crippen LogP contribution in [0, 0.1) is 186 Å². The molecule has 0 radical (unpaired) electrons. The highest BCUT2D eigenvalue weighted by atomic mass is 27.2. The van der Waals surface area contributed by atoms with Crippen LogP contribution >= 0.6 is 0 Å². The minimum Gasteiger partial charge on any atom is -0.302 e. The van der Waals surface area contributed by atoms with Crippen LogP contribution in [0.2, 0.25) is 0 Å². The van der Waals surface area contributed by atoms with E-state index in [9.17, 15) is 52.7 Å². The number of fused-ring (bicyclic) bond motifs is 4. The summed E-state index contributed by atoms with van der Waals surface area (Å²) < 4.78 is 537. The van der Waals surface area contributed by atoms with Crippen LogP contribution in [0.4, 0.5) is 164 Å². The van der Waals surface area contributed by atoms with Crippen molar-refractivity contribution in [3.05, 3.63) is 192 Å². The predicted molar refractivity (Wildman–Crippen MR) is 251 cm³/mol. The van der Waals surface area contributed by atoms with E-state index in [1.165, 1.54) is 7.05 Å². The first kappa shape index (κ1) is 70.9. The molecule has 38 heteroatoms. The molecule has 0 heterocycles. The molecule has 1 nitrogen and oxygen atoms in total. The maximum atomic E-state index is 17.3. The Labute approximate surface area is 491 Å². The van der Waals surface area contributed by atoms with Crippen molar-refractivity contribution in [2.75, 3.05) is 13.6 Å². The van der Waals surface area contributed by atoms with E-state index in [-0.39, 0.29) is 17.4 Å². The molecule has 0 aliphatic carbocycles. The molecule has 0 saturated heterocycles. The van der Waals surface area contributed by atoms with Gasteiger partial charge in [-0.15, -0.1) is 0 Å². The Balaban J connectivity index is 0.000000390. The standard InChI is InChI=1S/C15H17F8N.4C10F7.Al/c1-4-5-8(2)7-24(3)10-6-9(16)12(17)11(13(10)18)14(19,20)15(21,22)23;4*11-3-1-2-4(7(14)6(3)13)8(15)10(17)9(16)5(2)12;/h6,8H,4-5,7H2,1-3H3;;;;;/q;;;;;-1/p+1. The molecular formula is C55H18AlF36N. The van der Waals surface area contributed by atoms with E-state index in [0.29, 0.717) is 12.5 Å². The minimum atomic E-state index is -10.2. The molecule has 0 fully saturated rings. The van der Waals surface area contributed by atoms with Gasteiger partial charge < -0.3 is 4.90 Å². The maximum Gasteiger partial charge on any atom is 0.458 e. The molecule has 1 N–H and O–H groups in total. The number of hydrogen-bond acceptors (Lipinski definition) is 0. The monoisotopic (exact) mass is 1400 g/mol. The number of quaternary nitrogens is 1. The Hall–Kier alpha value is -8.01. The molecule has 2 unspecified atom stereocenters. The van der Waals surface area contributed by atoms with E-state index in [1.807, 2.05) is 6.92 Å². The Morgan fingerprint density at radius 3 is 0.742 bits per heavy atom. The summed E-state index contributed by atoms with van der Waals surface area (Å²) in [5.41, 5.74) is -3.37. The number of nitrogens with one attached hydrogen (secondary N) is 1. The molecular weight excluding hydrogens is 1390 g/mol. The zero-order valence-corrected chi connectivity index (χ0v) is 45.6.